The number of thiazole rings is 1. The summed E-state index contributed by atoms with van der Waals surface area (Å²) in [6.45, 7) is 2.98. The number of nitrogens with zero attached hydrogens (tertiary/aromatic N) is 1. The van der Waals surface area contributed by atoms with Crippen LogP contribution in [0, 0.1) is 6.92 Å². The SMILES string of the molecule is Cc1csc(CNCc2ccc(S(N)(=O)=O)o2)n1. The van der Waals surface area contributed by atoms with Crippen LogP contribution in [0.15, 0.2) is 27.0 Å². The van der Waals surface area contributed by atoms with Gasteiger partial charge in [-0.1, -0.05) is 0 Å². The zero-order chi connectivity index (χ0) is 13.2. The highest BCUT2D eigenvalue weighted by atomic mass is 32.2. The summed E-state index contributed by atoms with van der Waals surface area (Å²) < 4.78 is 27.1. The number of nitrogens with two attached hydrogens (primary N) is 1. The third-order valence-electron chi connectivity index (χ3n) is 2.16. The quantitative estimate of drug-likeness (QED) is 0.854. The second-order valence-electron chi connectivity index (χ2n) is 3.75. The molecule has 6 nitrogen and oxygen atoms in total. The van der Waals surface area contributed by atoms with E-state index in [9.17, 15) is 8.42 Å². The van der Waals surface area contributed by atoms with Gasteiger partial charge in [-0.25, -0.2) is 18.5 Å². The Morgan fingerprint density at radius 3 is 2.78 bits per heavy atom. The highest BCUT2D eigenvalue weighted by Crippen LogP contribution is 2.12. The van der Waals surface area contributed by atoms with Crippen molar-refractivity contribution in [2.75, 3.05) is 0 Å². The van der Waals surface area contributed by atoms with Crippen molar-refractivity contribution in [3.63, 3.8) is 0 Å². The second-order valence-corrected chi connectivity index (χ2v) is 6.19. The molecule has 8 heteroatoms. The summed E-state index contributed by atoms with van der Waals surface area (Å²) in [4.78, 5) is 4.30. The van der Waals surface area contributed by atoms with Crippen LogP contribution in [0.1, 0.15) is 16.5 Å². The molecule has 2 heterocycles. The van der Waals surface area contributed by atoms with E-state index in [1.807, 2.05) is 12.3 Å². The summed E-state index contributed by atoms with van der Waals surface area (Å²) in [5.41, 5.74) is 0.992. The van der Waals surface area contributed by atoms with E-state index in [1.165, 1.54) is 6.07 Å². The van der Waals surface area contributed by atoms with Crippen molar-refractivity contribution in [1.82, 2.24) is 10.3 Å². The largest absolute Gasteiger partial charge is 0.447 e. The Hall–Kier alpha value is -1.22. The van der Waals surface area contributed by atoms with Gasteiger partial charge in [-0.3, -0.25) is 0 Å². The smallest absolute Gasteiger partial charge is 0.271 e. The fourth-order valence-corrected chi connectivity index (χ4v) is 2.60. The number of nitrogens with one attached hydrogen (secondary N) is 1. The van der Waals surface area contributed by atoms with E-state index in [4.69, 9.17) is 9.56 Å². The summed E-state index contributed by atoms with van der Waals surface area (Å²) in [5, 5.41) is 10.8. The zero-order valence-corrected chi connectivity index (χ0v) is 11.3. The maximum absolute atomic E-state index is 11.0. The third-order valence-corrected chi connectivity index (χ3v) is 3.91. The van der Waals surface area contributed by atoms with Crippen molar-refractivity contribution >= 4 is 21.4 Å². The Bertz CT molecular complexity index is 630. The van der Waals surface area contributed by atoms with Crippen LogP contribution in [0.2, 0.25) is 0 Å². The molecule has 2 aromatic heterocycles. The predicted octanol–water partition coefficient (Wildman–Crippen LogP) is 0.982. The van der Waals surface area contributed by atoms with E-state index in [-0.39, 0.29) is 5.09 Å². The molecule has 0 saturated heterocycles. The van der Waals surface area contributed by atoms with Crippen LogP contribution in [0.4, 0.5) is 0 Å². The molecular weight excluding hydrogens is 274 g/mol. The van der Waals surface area contributed by atoms with E-state index >= 15 is 0 Å². The number of aryl methyl sites for hydroxylation is 1. The number of sulfonamides is 1. The first-order valence-corrected chi connectivity index (χ1v) is 7.61. The first-order chi connectivity index (χ1) is 8.45. The van der Waals surface area contributed by atoms with Gasteiger partial charge in [0.15, 0.2) is 0 Å². The highest BCUT2D eigenvalue weighted by Gasteiger charge is 2.12. The van der Waals surface area contributed by atoms with E-state index in [1.54, 1.807) is 17.4 Å². The molecule has 3 N–H and O–H groups in total. The minimum atomic E-state index is -3.76. The molecule has 0 amide bonds. The lowest BCUT2D eigenvalue weighted by Crippen LogP contribution is -2.13. The minimum Gasteiger partial charge on any atom is -0.447 e. The molecule has 0 radical (unpaired) electrons. The number of aromatic nitrogens is 1. The van der Waals surface area contributed by atoms with Crippen LogP contribution >= 0.6 is 11.3 Å². The maximum atomic E-state index is 11.0. The molecule has 0 aliphatic carbocycles. The van der Waals surface area contributed by atoms with E-state index < -0.39 is 10.0 Å². The van der Waals surface area contributed by atoms with Gasteiger partial charge in [-0.15, -0.1) is 11.3 Å². The second kappa shape index (κ2) is 5.19. The molecule has 0 fully saturated rings. The standard InChI is InChI=1S/C10H13N3O3S2/c1-7-6-17-9(13-7)5-12-4-8-2-3-10(16-8)18(11,14)15/h2-3,6,12H,4-5H2,1H3,(H2,11,14,15). The average Bonchev–Trinajstić information content (AvgIpc) is 2.87. The lowest BCUT2D eigenvalue weighted by atomic mass is 10.4. The van der Waals surface area contributed by atoms with E-state index in [0.29, 0.717) is 18.8 Å². The topological polar surface area (TPSA) is 98.2 Å². The van der Waals surface area contributed by atoms with Crippen molar-refractivity contribution in [3.05, 3.63) is 34.0 Å². The Morgan fingerprint density at radius 1 is 1.44 bits per heavy atom. The molecular formula is C10H13N3O3S2. The molecule has 0 bridgehead atoms. The molecule has 0 aliphatic rings. The molecule has 98 valence electrons. The molecule has 0 saturated carbocycles. The monoisotopic (exact) mass is 287 g/mol. The van der Waals surface area contributed by atoms with Gasteiger partial charge < -0.3 is 9.73 Å². The first-order valence-electron chi connectivity index (χ1n) is 5.18. The van der Waals surface area contributed by atoms with Gasteiger partial charge in [0.25, 0.3) is 10.0 Å². The number of hydrogen-bond acceptors (Lipinski definition) is 6. The van der Waals surface area contributed by atoms with Gasteiger partial charge >= 0.3 is 0 Å². The summed E-state index contributed by atoms with van der Waals surface area (Å²) in [5.74, 6) is 0.521. The number of rotatable bonds is 5. The first kappa shape index (κ1) is 13.2. The molecule has 0 spiro atoms. The van der Waals surface area contributed by atoms with Gasteiger partial charge in [-0.05, 0) is 19.1 Å². The molecule has 2 aromatic rings. The Labute approximate surface area is 109 Å². The zero-order valence-electron chi connectivity index (χ0n) is 9.71. The summed E-state index contributed by atoms with van der Waals surface area (Å²) in [7, 11) is -3.76. The maximum Gasteiger partial charge on any atom is 0.271 e. The molecule has 0 atom stereocenters. The number of hydrogen-bond donors (Lipinski definition) is 2. The summed E-state index contributed by atoms with van der Waals surface area (Å²) in [6, 6.07) is 2.93. The van der Waals surface area contributed by atoms with Gasteiger partial charge in [0.05, 0.1) is 6.54 Å². The van der Waals surface area contributed by atoms with Crippen LogP contribution in [0.5, 0.6) is 0 Å². The van der Waals surface area contributed by atoms with Crippen molar-refractivity contribution in [2.24, 2.45) is 5.14 Å². The molecule has 2 rings (SSSR count). The summed E-state index contributed by atoms with van der Waals surface area (Å²) in [6.07, 6.45) is 0. The number of furan rings is 1. The Kier molecular flexibility index (Phi) is 3.81. The Balaban J connectivity index is 1.89. The highest BCUT2D eigenvalue weighted by molar-refractivity contribution is 7.89. The predicted molar refractivity (Wildman–Crippen MR) is 67.5 cm³/mol. The van der Waals surface area contributed by atoms with Crippen LogP contribution in [0.25, 0.3) is 0 Å². The Morgan fingerprint density at radius 2 is 2.22 bits per heavy atom. The van der Waals surface area contributed by atoms with Gasteiger partial charge in [0.2, 0.25) is 5.09 Å². The molecule has 0 unspecified atom stereocenters. The average molecular weight is 287 g/mol. The van der Waals surface area contributed by atoms with Crippen molar-refractivity contribution in [1.29, 1.82) is 0 Å². The van der Waals surface area contributed by atoms with Crippen LogP contribution in [-0.4, -0.2) is 13.4 Å². The van der Waals surface area contributed by atoms with Crippen LogP contribution in [-0.2, 0) is 23.1 Å². The van der Waals surface area contributed by atoms with Gasteiger partial charge in [0, 0.05) is 17.6 Å². The van der Waals surface area contributed by atoms with Crippen molar-refractivity contribution in [3.8, 4) is 0 Å². The van der Waals surface area contributed by atoms with E-state index in [2.05, 4.69) is 10.3 Å². The fraction of sp³-hybridized carbons (Fsp3) is 0.300. The van der Waals surface area contributed by atoms with Crippen molar-refractivity contribution in [2.45, 2.75) is 25.1 Å². The lowest BCUT2D eigenvalue weighted by molar-refractivity contribution is 0.402. The van der Waals surface area contributed by atoms with Crippen LogP contribution in [0.3, 0.4) is 0 Å². The lowest BCUT2D eigenvalue weighted by Gasteiger charge is -1.99. The molecule has 18 heavy (non-hydrogen) atoms. The van der Waals surface area contributed by atoms with Crippen LogP contribution < -0.4 is 10.5 Å². The molecule has 0 aromatic carbocycles. The van der Waals surface area contributed by atoms with E-state index in [0.717, 1.165) is 10.7 Å². The third kappa shape index (κ3) is 3.39. The minimum absolute atomic E-state index is 0.218. The summed E-state index contributed by atoms with van der Waals surface area (Å²) >= 11 is 1.57. The molecule has 0 aliphatic heterocycles. The van der Waals surface area contributed by atoms with Crippen molar-refractivity contribution < 1.29 is 12.8 Å². The number of primary sulfonamides is 1. The normalized spacial score (nSPS) is 11.9. The van der Waals surface area contributed by atoms with Gasteiger partial charge in [-0.2, -0.15) is 0 Å². The van der Waals surface area contributed by atoms with Gasteiger partial charge in [0.1, 0.15) is 10.8 Å². The fourth-order valence-electron chi connectivity index (χ4n) is 1.38.